The molecule has 1 aromatic carbocycles. The van der Waals surface area contributed by atoms with E-state index in [0.717, 1.165) is 37.9 Å². The number of amides is 3. The number of nitrogens with zero attached hydrogens (tertiary/aromatic N) is 2. The average molecular weight is 372 g/mol. The number of urea groups is 1. The Kier molecular flexibility index (Phi) is 6.75. The van der Waals surface area contributed by atoms with Gasteiger partial charge >= 0.3 is 6.03 Å². The Morgan fingerprint density at radius 2 is 1.67 bits per heavy atom. The second-order valence-corrected chi connectivity index (χ2v) is 8.11. The Bertz CT molecular complexity index is 668. The summed E-state index contributed by atoms with van der Waals surface area (Å²) in [5.74, 6) is 0.163. The fourth-order valence-corrected chi connectivity index (χ4v) is 4.20. The molecule has 1 saturated heterocycles. The molecule has 0 unspecified atom stereocenters. The summed E-state index contributed by atoms with van der Waals surface area (Å²) < 4.78 is 0. The summed E-state index contributed by atoms with van der Waals surface area (Å²) in [4.78, 5) is 29.1. The van der Waals surface area contributed by atoms with E-state index in [4.69, 9.17) is 0 Å². The van der Waals surface area contributed by atoms with Gasteiger partial charge in [-0.2, -0.15) is 0 Å². The Morgan fingerprint density at radius 1 is 0.963 bits per heavy atom. The number of hydrogen-bond donors (Lipinski definition) is 1. The van der Waals surface area contributed by atoms with E-state index in [2.05, 4.69) is 37.4 Å². The van der Waals surface area contributed by atoms with Crippen molar-refractivity contribution in [2.45, 2.75) is 64.8 Å². The smallest absolute Gasteiger partial charge is 0.317 e. The molecule has 5 heteroatoms. The van der Waals surface area contributed by atoms with Crippen LogP contribution in [0.1, 0.15) is 55.2 Å². The Labute approximate surface area is 163 Å². The van der Waals surface area contributed by atoms with Crippen LogP contribution in [0.25, 0.3) is 0 Å². The number of carbonyl (C=O) groups is 2. The monoisotopic (exact) mass is 371 g/mol. The maximum absolute atomic E-state index is 12.8. The van der Waals surface area contributed by atoms with Gasteiger partial charge in [0.15, 0.2) is 0 Å². The standard InChI is InChI=1S/C22H33N3O2/c1-17-9-10-19(18(2)15-17)16-21(26)24-11-6-12-25(14-13-24)22(27)23-20-7-4-3-5-8-20/h9-10,15,20H,3-8,11-14,16H2,1-2H3,(H,23,27). The molecule has 0 bridgehead atoms. The highest BCUT2D eigenvalue weighted by molar-refractivity contribution is 5.79. The van der Waals surface area contributed by atoms with Crippen molar-refractivity contribution in [3.05, 3.63) is 34.9 Å². The van der Waals surface area contributed by atoms with Crippen LogP contribution < -0.4 is 5.32 Å². The van der Waals surface area contributed by atoms with Crippen LogP contribution in [0, 0.1) is 13.8 Å². The highest BCUT2D eigenvalue weighted by Crippen LogP contribution is 2.18. The molecule has 0 radical (unpaired) electrons. The molecular formula is C22H33N3O2. The van der Waals surface area contributed by atoms with Crippen molar-refractivity contribution in [3.63, 3.8) is 0 Å². The molecule has 5 nitrogen and oxygen atoms in total. The minimum atomic E-state index is 0.0468. The van der Waals surface area contributed by atoms with E-state index in [1.165, 1.54) is 30.4 Å². The number of aryl methyl sites for hydroxylation is 2. The van der Waals surface area contributed by atoms with Gasteiger partial charge < -0.3 is 15.1 Å². The van der Waals surface area contributed by atoms with E-state index in [0.29, 0.717) is 25.6 Å². The van der Waals surface area contributed by atoms with Crippen molar-refractivity contribution < 1.29 is 9.59 Å². The zero-order chi connectivity index (χ0) is 19.2. The fourth-order valence-electron chi connectivity index (χ4n) is 4.20. The molecule has 3 rings (SSSR count). The largest absolute Gasteiger partial charge is 0.341 e. The Morgan fingerprint density at radius 3 is 2.41 bits per heavy atom. The first kappa shape index (κ1) is 19.7. The Balaban J connectivity index is 1.51. The van der Waals surface area contributed by atoms with Crippen LogP contribution >= 0.6 is 0 Å². The van der Waals surface area contributed by atoms with Gasteiger partial charge in [0, 0.05) is 32.2 Å². The molecule has 1 heterocycles. The first-order valence-electron chi connectivity index (χ1n) is 10.4. The lowest BCUT2D eigenvalue weighted by molar-refractivity contribution is -0.130. The molecule has 1 saturated carbocycles. The van der Waals surface area contributed by atoms with E-state index in [1.54, 1.807) is 0 Å². The van der Waals surface area contributed by atoms with Crippen molar-refractivity contribution in [1.82, 2.24) is 15.1 Å². The molecule has 0 aromatic heterocycles. The zero-order valence-corrected chi connectivity index (χ0v) is 16.8. The van der Waals surface area contributed by atoms with Gasteiger partial charge in [-0.05, 0) is 44.2 Å². The summed E-state index contributed by atoms with van der Waals surface area (Å²) in [5, 5.41) is 3.20. The van der Waals surface area contributed by atoms with Crippen LogP contribution in [0.2, 0.25) is 0 Å². The molecule has 1 N–H and O–H groups in total. The van der Waals surface area contributed by atoms with Crippen molar-refractivity contribution in [3.8, 4) is 0 Å². The second kappa shape index (κ2) is 9.25. The predicted molar refractivity (Wildman–Crippen MR) is 108 cm³/mol. The summed E-state index contributed by atoms with van der Waals surface area (Å²) in [6.07, 6.45) is 7.20. The molecule has 3 amide bonds. The lowest BCUT2D eigenvalue weighted by Crippen LogP contribution is -2.47. The molecular weight excluding hydrogens is 338 g/mol. The number of nitrogens with one attached hydrogen (secondary N) is 1. The second-order valence-electron chi connectivity index (χ2n) is 8.11. The van der Waals surface area contributed by atoms with Crippen molar-refractivity contribution in [2.75, 3.05) is 26.2 Å². The summed E-state index contributed by atoms with van der Waals surface area (Å²) in [5.41, 5.74) is 3.49. The fraction of sp³-hybridized carbons (Fsp3) is 0.636. The van der Waals surface area contributed by atoms with E-state index >= 15 is 0 Å². The summed E-state index contributed by atoms with van der Waals surface area (Å²) in [7, 11) is 0. The van der Waals surface area contributed by atoms with Crippen LogP contribution in [-0.2, 0) is 11.2 Å². The topological polar surface area (TPSA) is 52.7 Å². The van der Waals surface area contributed by atoms with E-state index in [-0.39, 0.29) is 11.9 Å². The van der Waals surface area contributed by atoms with E-state index in [1.807, 2.05) is 9.80 Å². The van der Waals surface area contributed by atoms with Gasteiger partial charge in [0.05, 0.1) is 6.42 Å². The highest BCUT2D eigenvalue weighted by atomic mass is 16.2. The molecule has 27 heavy (non-hydrogen) atoms. The van der Waals surface area contributed by atoms with Crippen molar-refractivity contribution in [2.24, 2.45) is 0 Å². The van der Waals surface area contributed by atoms with Gasteiger partial charge in [-0.3, -0.25) is 4.79 Å². The van der Waals surface area contributed by atoms with Gasteiger partial charge in [0.1, 0.15) is 0 Å². The first-order chi connectivity index (χ1) is 13.0. The number of benzene rings is 1. The van der Waals surface area contributed by atoms with Gasteiger partial charge in [-0.1, -0.05) is 43.0 Å². The molecule has 0 atom stereocenters. The molecule has 2 aliphatic rings. The van der Waals surface area contributed by atoms with Crippen molar-refractivity contribution in [1.29, 1.82) is 0 Å². The molecule has 1 aromatic rings. The maximum Gasteiger partial charge on any atom is 0.317 e. The van der Waals surface area contributed by atoms with Crippen LogP contribution in [-0.4, -0.2) is 54.0 Å². The van der Waals surface area contributed by atoms with E-state index in [9.17, 15) is 9.59 Å². The highest BCUT2D eigenvalue weighted by Gasteiger charge is 2.24. The quantitative estimate of drug-likeness (QED) is 0.885. The molecule has 1 aliphatic carbocycles. The average Bonchev–Trinajstić information content (AvgIpc) is 2.91. The maximum atomic E-state index is 12.8. The summed E-state index contributed by atoms with van der Waals surface area (Å²) >= 11 is 0. The summed E-state index contributed by atoms with van der Waals surface area (Å²) in [6, 6.07) is 6.63. The zero-order valence-electron chi connectivity index (χ0n) is 16.8. The van der Waals surface area contributed by atoms with Gasteiger partial charge in [-0.15, -0.1) is 0 Å². The number of hydrogen-bond acceptors (Lipinski definition) is 2. The first-order valence-corrected chi connectivity index (χ1v) is 10.4. The normalized spacial score (nSPS) is 18.9. The minimum absolute atomic E-state index is 0.0468. The van der Waals surface area contributed by atoms with Crippen LogP contribution in [0.3, 0.4) is 0 Å². The van der Waals surface area contributed by atoms with Gasteiger partial charge in [0.2, 0.25) is 5.91 Å². The molecule has 2 fully saturated rings. The lowest BCUT2D eigenvalue weighted by Gasteiger charge is -2.27. The van der Waals surface area contributed by atoms with Crippen LogP contribution in [0.15, 0.2) is 18.2 Å². The van der Waals surface area contributed by atoms with E-state index < -0.39 is 0 Å². The molecule has 0 spiro atoms. The predicted octanol–water partition coefficient (Wildman–Crippen LogP) is 3.42. The number of carbonyl (C=O) groups excluding carboxylic acids is 2. The lowest BCUT2D eigenvalue weighted by atomic mass is 9.96. The SMILES string of the molecule is Cc1ccc(CC(=O)N2CCCN(C(=O)NC3CCCCC3)CC2)c(C)c1. The summed E-state index contributed by atoms with van der Waals surface area (Å²) in [6.45, 7) is 6.84. The van der Waals surface area contributed by atoms with Crippen LogP contribution in [0.4, 0.5) is 4.79 Å². The van der Waals surface area contributed by atoms with Gasteiger partial charge in [0.25, 0.3) is 0 Å². The molecule has 148 valence electrons. The third kappa shape index (κ3) is 5.47. The van der Waals surface area contributed by atoms with Crippen LogP contribution in [0.5, 0.6) is 0 Å². The molecule has 1 aliphatic heterocycles. The number of rotatable bonds is 3. The van der Waals surface area contributed by atoms with Gasteiger partial charge in [-0.25, -0.2) is 4.79 Å². The Hall–Kier alpha value is -2.04. The minimum Gasteiger partial charge on any atom is -0.341 e. The third-order valence-electron chi connectivity index (χ3n) is 5.91. The van der Waals surface area contributed by atoms with Crippen molar-refractivity contribution >= 4 is 11.9 Å². The third-order valence-corrected chi connectivity index (χ3v) is 5.91.